The van der Waals surface area contributed by atoms with Gasteiger partial charge in [-0.3, -0.25) is 4.79 Å². The number of nitrogens with one attached hydrogen (secondary N) is 1. The topological polar surface area (TPSA) is 55.1 Å². The van der Waals surface area contributed by atoms with Crippen LogP contribution in [-0.4, -0.2) is 24.9 Å². The van der Waals surface area contributed by atoms with Crippen LogP contribution in [0.1, 0.15) is 5.56 Å². The maximum absolute atomic E-state index is 13.5. The Labute approximate surface area is 113 Å². The largest absolute Gasteiger partial charge is 0.349 e. The van der Waals surface area contributed by atoms with E-state index in [9.17, 15) is 22.4 Å². The van der Waals surface area contributed by atoms with Crippen LogP contribution in [0, 0.1) is 0 Å². The Morgan fingerprint density at radius 1 is 1.16 bits per heavy atom. The van der Waals surface area contributed by atoms with E-state index in [1.165, 1.54) is 23.5 Å². The zero-order valence-electron chi connectivity index (χ0n) is 9.71. The van der Waals surface area contributed by atoms with Crippen molar-refractivity contribution < 1.29 is 22.4 Å². The summed E-state index contributed by atoms with van der Waals surface area (Å²) in [5.41, 5.74) is 4.17. The van der Waals surface area contributed by atoms with Crippen LogP contribution in [0.3, 0.4) is 0 Å². The van der Waals surface area contributed by atoms with Crippen LogP contribution in [0.15, 0.2) is 30.3 Å². The minimum absolute atomic E-state index is 0. The fraction of sp³-hybridized carbons (Fsp3) is 0.364. The summed E-state index contributed by atoms with van der Waals surface area (Å²) in [6.07, 6.45) is 0. The Morgan fingerprint density at radius 3 is 2.16 bits per heavy atom. The quantitative estimate of drug-likeness (QED) is 0.816. The number of hydrogen-bond acceptors (Lipinski definition) is 2. The van der Waals surface area contributed by atoms with E-state index in [2.05, 4.69) is 0 Å². The fourth-order valence-electron chi connectivity index (χ4n) is 1.17. The van der Waals surface area contributed by atoms with Crippen molar-refractivity contribution in [2.75, 3.05) is 13.1 Å². The van der Waals surface area contributed by atoms with E-state index >= 15 is 0 Å². The Kier molecular flexibility index (Phi) is 6.24. The molecule has 19 heavy (non-hydrogen) atoms. The molecule has 0 heterocycles. The van der Waals surface area contributed by atoms with E-state index in [4.69, 9.17) is 5.73 Å². The molecule has 0 fully saturated rings. The number of alkyl halides is 4. The zero-order chi connectivity index (χ0) is 13.8. The number of amides is 1. The Bertz CT molecular complexity index is 414. The van der Waals surface area contributed by atoms with Crippen molar-refractivity contribution in [3.8, 4) is 0 Å². The van der Waals surface area contributed by atoms with Crippen LogP contribution >= 0.6 is 12.4 Å². The second-order valence-electron chi connectivity index (χ2n) is 3.68. The summed E-state index contributed by atoms with van der Waals surface area (Å²) >= 11 is 0. The van der Waals surface area contributed by atoms with Gasteiger partial charge in [-0.25, -0.2) is 8.78 Å². The first-order valence-corrected chi connectivity index (χ1v) is 5.09. The summed E-state index contributed by atoms with van der Waals surface area (Å²) in [5, 5.41) is 1.49. The lowest BCUT2D eigenvalue weighted by Crippen LogP contribution is -2.46. The average molecular weight is 301 g/mol. The molecular formula is C11H13ClF4N2O. The number of carbonyl (C=O) groups is 1. The van der Waals surface area contributed by atoms with Gasteiger partial charge in [0, 0.05) is 5.56 Å². The van der Waals surface area contributed by atoms with Crippen molar-refractivity contribution in [1.82, 2.24) is 5.32 Å². The van der Waals surface area contributed by atoms with Crippen molar-refractivity contribution in [2.45, 2.75) is 11.8 Å². The summed E-state index contributed by atoms with van der Waals surface area (Å²) in [5.74, 6) is -9.03. The average Bonchev–Trinajstić information content (AvgIpc) is 2.37. The van der Waals surface area contributed by atoms with E-state index in [-0.39, 0.29) is 12.4 Å². The highest BCUT2D eigenvalue weighted by atomic mass is 35.5. The van der Waals surface area contributed by atoms with Gasteiger partial charge in [0.15, 0.2) is 0 Å². The number of benzene rings is 1. The lowest BCUT2D eigenvalue weighted by Gasteiger charge is -2.19. The van der Waals surface area contributed by atoms with Crippen LogP contribution in [0.4, 0.5) is 17.6 Å². The third-order valence-electron chi connectivity index (χ3n) is 2.23. The molecule has 1 amide bonds. The van der Waals surface area contributed by atoms with E-state index in [1.54, 1.807) is 0 Å². The third-order valence-corrected chi connectivity index (χ3v) is 2.23. The lowest BCUT2D eigenvalue weighted by molar-refractivity contribution is -0.148. The molecule has 3 nitrogen and oxygen atoms in total. The van der Waals surface area contributed by atoms with Gasteiger partial charge in [-0.05, 0) is 0 Å². The minimum atomic E-state index is -3.86. The number of carbonyl (C=O) groups excluding carboxylic acids is 1. The second kappa shape index (κ2) is 6.72. The summed E-state index contributed by atoms with van der Waals surface area (Å²) in [6, 6.07) is 6.23. The van der Waals surface area contributed by atoms with Crippen molar-refractivity contribution in [3.05, 3.63) is 35.9 Å². The van der Waals surface area contributed by atoms with Crippen LogP contribution in [-0.2, 0) is 10.7 Å². The Balaban J connectivity index is 0.00000324. The van der Waals surface area contributed by atoms with E-state index in [0.717, 1.165) is 12.1 Å². The lowest BCUT2D eigenvalue weighted by atomic mass is 10.1. The van der Waals surface area contributed by atoms with Gasteiger partial charge in [0.2, 0.25) is 0 Å². The molecule has 3 N–H and O–H groups in total. The third kappa shape index (κ3) is 4.68. The standard InChI is InChI=1S/C11H12F4N2O.ClH/c12-10(13,6-16)7-17-9(18)11(14,15)8-4-2-1-3-5-8;/h1-5H,6-7,16H2,(H,17,18);1H. The maximum atomic E-state index is 13.5. The van der Waals surface area contributed by atoms with Crippen molar-refractivity contribution in [2.24, 2.45) is 5.73 Å². The molecule has 0 bridgehead atoms. The van der Waals surface area contributed by atoms with Gasteiger partial charge in [0.05, 0.1) is 13.1 Å². The van der Waals surface area contributed by atoms with E-state index in [1.807, 2.05) is 0 Å². The summed E-state index contributed by atoms with van der Waals surface area (Å²) in [7, 11) is 0. The molecule has 0 saturated heterocycles. The van der Waals surface area contributed by atoms with Gasteiger partial charge in [0.1, 0.15) is 0 Å². The number of halogens is 5. The fourth-order valence-corrected chi connectivity index (χ4v) is 1.17. The van der Waals surface area contributed by atoms with E-state index < -0.39 is 36.4 Å². The monoisotopic (exact) mass is 300 g/mol. The van der Waals surface area contributed by atoms with Gasteiger partial charge < -0.3 is 11.1 Å². The summed E-state index contributed by atoms with van der Waals surface area (Å²) in [6.45, 7) is -2.24. The second-order valence-corrected chi connectivity index (χ2v) is 3.68. The van der Waals surface area contributed by atoms with Gasteiger partial charge in [-0.15, -0.1) is 12.4 Å². The SMILES string of the molecule is Cl.NCC(F)(F)CNC(=O)C(F)(F)c1ccccc1. The first-order chi connectivity index (χ1) is 8.29. The predicted molar refractivity (Wildman–Crippen MR) is 64.6 cm³/mol. The molecule has 0 aromatic heterocycles. The number of rotatable bonds is 5. The molecule has 1 aromatic carbocycles. The van der Waals surface area contributed by atoms with Gasteiger partial charge >= 0.3 is 5.92 Å². The molecular weight excluding hydrogens is 288 g/mol. The summed E-state index contributed by atoms with van der Waals surface area (Å²) in [4.78, 5) is 11.2. The van der Waals surface area contributed by atoms with Crippen molar-refractivity contribution in [1.29, 1.82) is 0 Å². The van der Waals surface area contributed by atoms with Gasteiger partial charge in [-0.2, -0.15) is 8.78 Å². The molecule has 0 spiro atoms. The van der Waals surface area contributed by atoms with Gasteiger partial charge in [-0.1, -0.05) is 30.3 Å². The van der Waals surface area contributed by atoms with E-state index in [0.29, 0.717) is 0 Å². The molecule has 0 unspecified atom stereocenters. The highest BCUT2D eigenvalue weighted by molar-refractivity contribution is 5.85. The molecule has 0 aliphatic rings. The first-order valence-electron chi connectivity index (χ1n) is 5.09. The molecule has 8 heteroatoms. The number of hydrogen-bond donors (Lipinski definition) is 2. The predicted octanol–water partition coefficient (Wildman–Crippen LogP) is 1.91. The highest BCUT2D eigenvalue weighted by Gasteiger charge is 2.42. The van der Waals surface area contributed by atoms with Crippen molar-refractivity contribution in [3.63, 3.8) is 0 Å². The minimum Gasteiger partial charge on any atom is -0.344 e. The molecule has 1 rings (SSSR count). The first kappa shape index (κ1) is 17.7. The smallest absolute Gasteiger partial charge is 0.344 e. The van der Waals surface area contributed by atoms with Crippen LogP contribution in [0.25, 0.3) is 0 Å². The molecule has 1 aromatic rings. The number of nitrogens with two attached hydrogens (primary N) is 1. The van der Waals surface area contributed by atoms with Crippen molar-refractivity contribution >= 4 is 18.3 Å². The summed E-state index contributed by atoms with van der Waals surface area (Å²) < 4.78 is 52.5. The molecule has 0 atom stereocenters. The van der Waals surface area contributed by atoms with Crippen LogP contribution in [0.2, 0.25) is 0 Å². The molecule has 0 aliphatic carbocycles. The zero-order valence-corrected chi connectivity index (χ0v) is 10.5. The molecule has 0 aliphatic heterocycles. The molecule has 0 radical (unpaired) electrons. The van der Waals surface area contributed by atoms with Crippen LogP contribution in [0.5, 0.6) is 0 Å². The Hall–Kier alpha value is -1.34. The van der Waals surface area contributed by atoms with Gasteiger partial charge in [0.25, 0.3) is 11.8 Å². The molecule has 108 valence electrons. The molecule has 0 saturated carbocycles. The maximum Gasteiger partial charge on any atom is 0.349 e. The Morgan fingerprint density at radius 2 is 1.68 bits per heavy atom. The highest BCUT2D eigenvalue weighted by Crippen LogP contribution is 2.28. The normalized spacial score (nSPS) is 11.6. The van der Waals surface area contributed by atoms with Crippen LogP contribution < -0.4 is 11.1 Å².